The van der Waals surface area contributed by atoms with E-state index in [2.05, 4.69) is 11.8 Å². The zero-order chi connectivity index (χ0) is 13.7. The molecule has 4 heteroatoms. The van der Waals surface area contributed by atoms with E-state index in [0.29, 0.717) is 6.10 Å². The monoisotopic (exact) mass is 264 g/mol. The van der Waals surface area contributed by atoms with Gasteiger partial charge in [0, 0.05) is 31.2 Å². The van der Waals surface area contributed by atoms with Crippen LogP contribution in [0.2, 0.25) is 0 Å². The standard InChI is InChI=1S/C15H24N2O2/c1-3-12-10-17(8-9-19-12)11-14(16)13-6-4-5-7-15(13)18-2/h4-7,12,14H,3,8-11,16H2,1-2H3. The molecule has 2 N–H and O–H groups in total. The van der Waals surface area contributed by atoms with Gasteiger partial charge in [0.05, 0.1) is 19.8 Å². The number of benzene rings is 1. The Balaban J connectivity index is 1.98. The average Bonchev–Trinajstić information content (AvgIpc) is 2.47. The van der Waals surface area contributed by atoms with Gasteiger partial charge in [0.15, 0.2) is 0 Å². The van der Waals surface area contributed by atoms with Crippen molar-refractivity contribution in [3.05, 3.63) is 29.8 Å². The van der Waals surface area contributed by atoms with E-state index in [1.165, 1.54) is 0 Å². The second-order valence-electron chi connectivity index (χ2n) is 5.01. The van der Waals surface area contributed by atoms with Crippen molar-refractivity contribution in [2.75, 3.05) is 33.4 Å². The highest BCUT2D eigenvalue weighted by molar-refractivity contribution is 5.35. The Kier molecular flexibility index (Phi) is 5.19. The Morgan fingerprint density at radius 2 is 2.26 bits per heavy atom. The van der Waals surface area contributed by atoms with E-state index in [-0.39, 0.29) is 6.04 Å². The number of rotatable bonds is 5. The molecule has 0 bridgehead atoms. The molecule has 19 heavy (non-hydrogen) atoms. The van der Waals surface area contributed by atoms with E-state index in [4.69, 9.17) is 15.2 Å². The minimum Gasteiger partial charge on any atom is -0.496 e. The molecule has 1 aromatic rings. The van der Waals surface area contributed by atoms with Crippen molar-refractivity contribution in [1.82, 2.24) is 4.90 Å². The molecule has 1 saturated heterocycles. The quantitative estimate of drug-likeness (QED) is 0.881. The molecule has 4 nitrogen and oxygen atoms in total. The van der Waals surface area contributed by atoms with Gasteiger partial charge in [0.1, 0.15) is 5.75 Å². The molecule has 0 aromatic heterocycles. The second-order valence-corrected chi connectivity index (χ2v) is 5.01. The molecule has 0 spiro atoms. The third-order valence-corrected chi connectivity index (χ3v) is 3.67. The molecule has 0 radical (unpaired) electrons. The molecule has 1 fully saturated rings. The van der Waals surface area contributed by atoms with Crippen LogP contribution in [0.3, 0.4) is 0 Å². The molecule has 2 unspecified atom stereocenters. The van der Waals surface area contributed by atoms with Crippen molar-refractivity contribution < 1.29 is 9.47 Å². The van der Waals surface area contributed by atoms with Crippen molar-refractivity contribution >= 4 is 0 Å². The van der Waals surface area contributed by atoms with E-state index >= 15 is 0 Å². The van der Waals surface area contributed by atoms with Gasteiger partial charge in [-0.2, -0.15) is 0 Å². The Labute approximate surface area is 115 Å². The molecule has 2 rings (SSSR count). The lowest BCUT2D eigenvalue weighted by Gasteiger charge is -2.34. The van der Waals surface area contributed by atoms with Gasteiger partial charge in [0.2, 0.25) is 0 Å². The predicted molar refractivity (Wildman–Crippen MR) is 76.4 cm³/mol. The lowest BCUT2D eigenvalue weighted by atomic mass is 10.1. The van der Waals surface area contributed by atoms with E-state index < -0.39 is 0 Å². The summed E-state index contributed by atoms with van der Waals surface area (Å²) in [4.78, 5) is 2.38. The lowest BCUT2D eigenvalue weighted by Crippen LogP contribution is -2.45. The summed E-state index contributed by atoms with van der Waals surface area (Å²) in [6.07, 6.45) is 1.40. The molecule has 0 amide bonds. The van der Waals surface area contributed by atoms with Crippen LogP contribution in [0.1, 0.15) is 24.9 Å². The van der Waals surface area contributed by atoms with Gasteiger partial charge < -0.3 is 15.2 Å². The maximum Gasteiger partial charge on any atom is 0.123 e. The zero-order valence-electron chi connectivity index (χ0n) is 11.8. The van der Waals surface area contributed by atoms with Crippen LogP contribution in [-0.4, -0.2) is 44.4 Å². The van der Waals surface area contributed by atoms with Crippen LogP contribution in [-0.2, 0) is 4.74 Å². The summed E-state index contributed by atoms with van der Waals surface area (Å²) in [5, 5.41) is 0. The van der Waals surface area contributed by atoms with Gasteiger partial charge in [-0.1, -0.05) is 25.1 Å². The molecule has 1 aliphatic heterocycles. The summed E-state index contributed by atoms with van der Waals surface area (Å²) < 4.78 is 11.1. The Morgan fingerprint density at radius 1 is 1.47 bits per heavy atom. The molecular weight excluding hydrogens is 240 g/mol. The number of morpholine rings is 1. The first-order valence-corrected chi connectivity index (χ1v) is 6.97. The van der Waals surface area contributed by atoms with Gasteiger partial charge in [-0.25, -0.2) is 0 Å². The van der Waals surface area contributed by atoms with Crippen molar-refractivity contribution in [2.45, 2.75) is 25.5 Å². The van der Waals surface area contributed by atoms with Crippen LogP contribution in [0.4, 0.5) is 0 Å². The van der Waals surface area contributed by atoms with E-state index in [1.54, 1.807) is 7.11 Å². The molecule has 106 valence electrons. The molecule has 1 aliphatic rings. The smallest absolute Gasteiger partial charge is 0.123 e. The fourth-order valence-electron chi connectivity index (χ4n) is 2.54. The molecule has 1 heterocycles. The fourth-order valence-corrected chi connectivity index (χ4v) is 2.54. The number of para-hydroxylation sites is 1. The minimum absolute atomic E-state index is 0.0215. The molecule has 0 saturated carbocycles. The van der Waals surface area contributed by atoms with E-state index in [1.807, 2.05) is 24.3 Å². The van der Waals surface area contributed by atoms with Gasteiger partial charge >= 0.3 is 0 Å². The van der Waals surface area contributed by atoms with Crippen LogP contribution >= 0.6 is 0 Å². The minimum atomic E-state index is -0.0215. The van der Waals surface area contributed by atoms with Crippen molar-refractivity contribution in [3.8, 4) is 5.75 Å². The molecular formula is C15H24N2O2. The second kappa shape index (κ2) is 6.89. The summed E-state index contributed by atoms with van der Waals surface area (Å²) in [6, 6.07) is 7.96. The van der Waals surface area contributed by atoms with Gasteiger partial charge in [-0.3, -0.25) is 4.90 Å². The zero-order valence-corrected chi connectivity index (χ0v) is 11.8. The summed E-state index contributed by atoms with van der Waals surface area (Å²) in [5.41, 5.74) is 7.40. The number of methoxy groups -OCH3 is 1. The fraction of sp³-hybridized carbons (Fsp3) is 0.600. The first-order valence-electron chi connectivity index (χ1n) is 6.97. The summed E-state index contributed by atoms with van der Waals surface area (Å²) in [5.74, 6) is 0.871. The number of nitrogens with two attached hydrogens (primary N) is 1. The van der Waals surface area contributed by atoms with Crippen LogP contribution < -0.4 is 10.5 Å². The first kappa shape index (κ1) is 14.3. The maximum absolute atomic E-state index is 6.33. The summed E-state index contributed by atoms with van der Waals surface area (Å²) in [7, 11) is 1.69. The lowest BCUT2D eigenvalue weighted by molar-refractivity contribution is -0.0312. The Morgan fingerprint density at radius 3 is 3.00 bits per heavy atom. The first-order chi connectivity index (χ1) is 9.24. The van der Waals surface area contributed by atoms with Crippen LogP contribution in [0, 0.1) is 0 Å². The molecule has 0 aliphatic carbocycles. The SMILES string of the molecule is CCC1CN(CC(N)c2ccccc2OC)CCO1. The largest absolute Gasteiger partial charge is 0.496 e. The number of ether oxygens (including phenoxy) is 2. The number of nitrogens with zero attached hydrogens (tertiary/aromatic N) is 1. The Bertz CT molecular complexity index is 397. The van der Waals surface area contributed by atoms with Gasteiger partial charge in [-0.05, 0) is 12.5 Å². The van der Waals surface area contributed by atoms with Crippen LogP contribution in [0.15, 0.2) is 24.3 Å². The van der Waals surface area contributed by atoms with Gasteiger partial charge in [0.25, 0.3) is 0 Å². The summed E-state index contributed by atoms with van der Waals surface area (Å²) in [6.45, 7) is 5.74. The highest BCUT2D eigenvalue weighted by Gasteiger charge is 2.22. The van der Waals surface area contributed by atoms with Crippen molar-refractivity contribution in [3.63, 3.8) is 0 Å². The molecule has 1 aromatic carbocycles. The van der Waals surface area contributed by atoms with Crippen LogP contribution in [0.25, 0.3) is 0 Å². The maximum atomic E-state index is 6.33. The number of hydrogen-bond acceptors (Lipinski definition) is 4. The average molecular weight is 264 g/mol. The topological polar surface area (TPSA) is 47.7 Å². The van der Waals surface area contributed by atoms with Crippen LogP contribution in [0.5, 0.6) is 5.75 Å². The van der Waals surface area contributed by atoms with E-state index in [0.717, 1.165) is 44.0 Å². The predicted octanol–water partition coefficient (Wildman–Crippen LogP) is 1.81. The third-order valence-electron chi connectivity index (χ3n) is 3.67. The Hall–Kier alpha value is -1.10. The number of hydrogen-bond donors (Lipinski definition) is 1. The highest BCUT2D eigenvalue weighted by Crippen LogP contribution is 2.24. The third kappa shape index (κ3) is 3.69. The van der Waals surface area contributed by atoms with Crippen molar-refractivity contribution in [1.29, 1.82) is 0 Å². The van der Waals surface area contributed by atoms with E-state index in [9.17, 15) is 0 Å². The molecule has 2 atom stereocenters. The highest BCUT2D eigenvalue weighted by atomic mass is 16.5. The summed E-state index contributed by atoms with van der Waals surface area (Å²) >= 11 is 0. The van der Waals surface area contributed by atoms with Gasteiger partial charge in [-0.15, -0.1) is 0 Å². The van der Waals surface area contributed by atoms with Crippen molar-refractivity contribution in [2.24, 2.45) is 5.73 Å². The normalized spacial score (nSPS) is 22.2.